The van der Waals surface area contributed by atoms with E-state index in [-0.39, 0.29) is 17.7 Å². The normalized spacial score (nSPS) is 14.3. The van der Waals surface area contributed by atoms with E-state index in [0.29, 0.717) is 36.6 Å². The minimum atomic E-state index is -0.431. The molecular formula is C23H23FN4O2S2. The van der Waals surface area contributed by atoms with E-state index in [0.717, 1.165) is 16.5 Å². The first-order valence-corrected chi connectivity index (χ1v) is 12.4. The van der Waals surface area contributed by atoms with E-state index in [1.807, 2.05) is 18.2 Å². The molecule has 1 N–H and O–H groups in total. The highest BCUT2D eigenvalue weighted by atomic mass is 32.2. The molecular weight excluding hydrogens is 447 g/mol. The van der Waals surface area contributed by atoms with Crippen LogP contribution in [0.2, 0.25) is 0 Å². The molecule has 2 amide bonds. The van der Waals surface area contributed by atoms with Crippen molar-refractivity contribution in [2.45, 2.75) is 24.3 Å². The predicted molar refractivity (Wildman–Crippen MR) is 125 cm³/mol. The number of benzene rings is 2. The van der Waals surface area contributed by atoms with Gasteiger partial charge in [-0.05, 0) is 36.6 Å². The van der Waals surface area contributed by atoms with Gasteiger partial charge in [-0.1, -0.05) is 47.7 Å². The molecule has 6 nitrogen and oxygen atoms in total. The third-order valence-electron chi connectivity index (χ3n) is 5.26. The van der Waals surface area contributed by atoms with Crippen LogP contribution in [0, 0.1) is 11.7 Å². The van der Waals surface area contributed by atoms with Crippen LogP contribution in [0.25, 0.3) is 0 Å². The zero-order valence-electron chi connectivity index (χ0n) is 17.4. The van der Waals surface area contributed by atoms with Crippen molar-refractivity contribution >= 4 is 40.0 Å². The van der Waals surface area contributed by atoms with Crippen LogP contribution in [0.4, 0.5) is 9.52 Å². The van der Waals surface area contributed by atoms with E-state index >= 15 is 0 Å². The smallest absolute Gasteiger partial charge is 0.253 e. The number of rotatable bonds is 7. The Morgan fingerprint density at radius 2 is 1.84 bits per heavy atom. The molecule has 1 aliphatic rings. The Hall–Kier alpha value is -2.78. The maximum absolute atomic E-state index is 13.4. The third-order valence-corrected chi connectivity index (χ3v) is 7.30. The monoisotopic (exact) mass is 470 g/mol. The van der Waals surface area contributed by atoms with Crippen molar-refractivity contribution in [1.29, 1.82) is 0 Å². The Bertz CT molecular complexity index is 1070. The van der Waals surface area contributed by atoms with Gasteiger partial charge in [-0.2, -0.15) is 0 Å². The molecule has 0 aliphatic carbocycles. The number of amides is 2. The lowest BCUT2D eigenvalue weighted by atomic mass is 9.95. The van der Waals surface area contributed by atoms with E-state index < -0.39 is 5.82 Å². The Labute approximate surface area is 194 Å². The molecule has 9 heteroatoms. The van der Waals surface area contributed by atoms with E-state index in [1.165, 1.54) is 35.1 Å². The summed E-state index contributed by atoms with van der Waals surface area (Å²) in [7, 11) is 0. The standard InChI is InChI=1S/C23H23FN4O2S2/c24-19-8-4-7-18(13-19)22(30)28-11-9-17(10-12-28)21(29)25-23-27-26-20(32-23)15-31-14-16-5-2-1-3-6-16/h1-8,13,17H,9-12,14-15H2,(H,25,27,29). The Balaban J connectivity index is 1.22. The van der Waals surface area contributed by atoms with E-state index in [1.54, 1.807) is 22.7 Å². The number of likely N-dealkylation sites (tertiary alicyclic amines) is 1. The maximum Gasteiger partial charge on any atom is 0.253 e. The topological polar surface area (TPSA) is 75.2 Å². The van der Waals surface area contributed by atoms with Crippen LogP contribution in [-0.4, -0.2) is 40.0 Å². The summed E-state index contributed by atoms with van der Waals surface area (Å²) < 4.78 is 13.4. The molecule has 4 rings (SSSR count). The van der Waals surface area contributed by atoms with Crippen LogP contribution in [0.3, 0.4) is 0 Å². The van der Waals surface area contributed by atoms with Crippen molar-refractivity contribution < 1.29 is 14.0 Å². The van der Waals surface area contributed by atoms with Crippen LogP contribution in [0.5, 0.6) is 0 Å². The molecule has 1 aromatic heterocycles. The second kappa shape index (κ2) is 10.7. The second-order valence-corrected chi connectivity index (χ2v) is 9.59. The van der Waals surface area contributed by atoms with Gasteiger partial charge in [0.05, 0.1) is 0 Å². The molecule has 0 atom stereocenters. The first kappa shape index (κ1) is 22.4. The largest absolute Gasteiger partial charge is 0.339 e. The average Bonchev–Trinajstić information content (AvgIpc) is 3.26. The highest BCUT2D eigenvalue weighted by Crippen LogP contribution is 2.25. The number of aromatic nitrogens is 2. The first-order chi connectivity index (χ1) is 15.6. The van der Waals surface area contributed by atoms with Crippen LogP contribution in [0.1, 0.15) is 33.8 Å². The van der Waals surface area contributed by atoms with Crippen molar-refractivity contribution in [2.24, 2.45) is 5.92 Å². The van der Waals surface area contributed by atoms with E-state index in [2.05, 4.69) is 27.6 Å². The molecule has 0 unspecified atom stereocenters. The van der Waals surface area contributed by atoms with Gasteiger partial charge in [0.1, 0.15) is 10.8 Å². The summed E-state index contributed by atoms with van der Waals surface area (Å²) in [4.78, 5) is 26.8. The SMILES string of the molecule is O=C(Nc1nnc(CSCc2ccccc2)s1)C1CCN(C(=O)c2cccc(F)c2)CC1. The van der Waals surface area contributed by atoms with Gasteiger partial charge in [-0.15, -0.1) is 22.0 Å². The van der Waals surface area contributed by atoms with Gasteiger partial charge in [0, 0.05) is 36.1 Å². The first-order valence-electron chi connectivity index (χ1n) is 10.4. The van der Waals surface area contributed by atoms with Crippen LogP contribution < -0.4 is 5.32 Å². The summed E-state index contributed by atoms with van der Waals surface area (Å²) in [6.07, 6.45) is 1.12. The van der Waals surface area contributed by atoms with Gasteiger partial charge < -0.3 is 10.2 Å². The number of piperidine rings is 1. The number of nitrogens with zero attached hydrogens (tertiary/aromatic N) is 3. The molecule has 1 saturated heterocycles. The zero-order valence-corrected chi connectivity index (χ0v) is 19.0. The van der Waals surface area contributed by atoms with Gasteiger partial charge in [0.15, 0.2) is 0 Å². The van der Waals surface area contributed by atoms with Gasteiger partial charge in [-0.25, -0.2) is 4.39 Å². The van der Waals surface area contributed by atoms with Crippen LogP contribution >= 0.6 is 23.1 Å². The number of anilines is 1. The van der Waals surface area contributed by atoms with E-state index in [4.69, 9.17) is 0 Å². The summed E-state index contributed by atoms with van der Waals surface area (Å²) in [5.74, 6) is 0.719. The Morgan fingerprint density at radius 1 is 1.06 bits per heavy atom. The van der Waals surface area contributed by atoms with Gasteiger partial charge in [0.2, 0.25) is 11.0 Å². The third kappa shape index (κ3) is 5.92. The number of carbonyl (C=O) groups excluding carboxylic acids is 2. The van der Waals surface area contributed by atoms with Crippen LogP contribution in [-0.2, 0) is 16.3 Å². The summed E-state index contributed by atoms with van der Waals surface area (Å²) >= 11 is 3.15. The Morgan fingerprint density at radius 3 is 2.59 bits per heavy atom. The summed E-state index contributed by atoms with van der Waals surface area (Å²) in [6, 6.07) is 15.9. The molecule has 1 fully saturated rings. The molecule has 0 bridgehead atoms. The zero-order chi connectivity index (χ0) is 22.3. The molecule has 3 aromatic rings. The number of hydrogen-bond donors (Lipinski definition) is 1. The molecule has 0 saturated carbocycles. The van der Waals surface area contributed by atoms with Crippen LogP contribution in [0.15, 0.2) is 54.6 Å². The van der Waals surface area contributed by atoms with Gasteiger partial charge in [-0.3, -0.25) is 9.59 Å². The molecule has 0 radical (unpaired) electrons. The second-order valence-electron chi connectivity index (χ2n) is 7.55. The van der Waals surface area contributed by atoms with Crippen molar-refractivity contribution in [3.8, 4) is 0 Å². The highest BCUT2D eigenvalue weighted by Gasteiger charge is 2.28. The molecule has 32 heavy (non-hydrogen) atoms. The summed E-state index contributed by atoms with van der Waals surface area (Å²) in [6.45, 7) is 0.926. The number of hydrogen-bond acceptors (Lipinski definition) is 6. The predicted octanol–water partition coefficient (Wildman–Crippen LogP) is 4.60. The minimum Gasteiger partial charge on any atom is -0.339 e. The minimum absolute atomic E-state index is 0.0949. The summed E-state index contributed by atoms with van der Waals surface area (Å²) in [5.41, 5.74) is 1.59. The maximum atomic E-state index is 13.4. The average molecular weight is 471 g/mol. The van der Waals surface area contributed by atoms with Crippen molar-refractivity contribution in [2.75, 3.05) is 18.4 Å². The molecule has 2 aromatic carbocycles. The quantitative estimate of drug-likeness (QED) is 0.546. The Kier molecular flexibility index (Phi) is 7.49. The lowest BCUT2D eigenvalue weighted by Crippen LogP contribution is -2.41. The van der Waals surface area contributed by atoms with Crippen molar-refractivity contribution in [3.63, 3.8) is 0 Å². The lowest BCUT2D eigenvalue weighted by Gasteiger charge is -2.31. The lowest BCUT2D eigenvalue weighted by molar-refractivity contribution is -0.121. The summed E-state index contributed by atoms with van der Waals surface area (Å²) in [5, 5.41) is 12.5. The molecule has 1 aliphatic heterocycles. The molecule has 2 heterocycles. The molecule has 166 valence electrons. The fraction of sp³-hybridized carbons (Fsp3) is 0.304. The number of halogens is 1. The van der Waals surface area contributed by atoms with E-state index in [9.17, 15) is 14.0 Å². The fourth-order valence-electron chi connectivity index (χ4n) is 3.55. The fourth-order valence-corrected chi connectivity index (χ4v) is 5.34. The van der Waals surface area contributed by atoms with Crippen molar-refractivity contribution in [3.05, 3.63) is 76.5 Å². The van der Waals surface area contributed by atoms with Gasteiger partial charge in [0.25, 0.3) is 5.91 Å². The highest BCUT2D eigenvalue weighted by molar-refractivity contribution is 7.97. The number of carbonyl (C=O) groups is 2. The number of thioether (sulfide) groups is 1. The molecule has 0 spiro atoms. The number of nitrogens with one attached hydrogen (secondary N) is 1. The van der Waals surface area contributed by atoms with Gasteiger partial charge >= 0.3 is 0 Å². The van der Waals surface area contributed by atoms with Crippen molar-refractivity contribution in [1.82, 2.24) is 15.1 Å².